The molecule has 1 atom stereocenters. The van der Waals surface area contributed by atoms with Gasteiger partial charge in [0.2, 0.25) is 0 Å². The third-order valence-corrected chi connectivity index (χ3v) is 5.40. The van der Waals surface area contributed by atoms with E-state index in [1.165, 1.54) is 0 Å². The fourth-order valence-electron chi connectivity index (χ4n) is 3.33. The van der Waals surface area contributed by atoms with E-state index in [0.29, 0.717) is 18.7 Å². The van der Waals surface area contributed by atoms with E-state index in [2.05, 4.69) is 16.3 Å². The van der Waals surface area contributed by atoms with E-state index >= 15 is 0 Å². The van der Waals surface area contributed by atoms with Gasteiger partial charge in [-0.25, -0.2) is 4.79 Å². The van der Waals surface area contributed by atoms with Gasteiger partial charge in [0.1, 0.15) is 5.58 Å². The van der Waals surface area contributed by atoms with Crippen LogP contribution >= 0.6 is 11.6 Å². The van der Waals surface area contributed by atoms with Crippen molar-refractivity contribution in [3.8, 4) is 0 Å². The molecule has 1 heterocycles. The minimum Gasteiger partial charge on any atom is -0.422 e. The summed E-state index contributed by atoms with van der Waals surface area (Å²) in [7, 11) is 4.07. The van der Waals surface area contributed by atoms with E-state index in [4.69, 9.17) is 16.0 Å². The van der Waals surface area contributed by atoms with Gasteiger partial charge in [0.25, 0.3) is 0 Å². The van der Waals surface area contributed by atoms with Crippen LogP contribution in [0.2, 0.25) is 5.02 Å². The first kappa shape index (κ1) is 19.6. The van der Waals surface area contributed by atoms with Crippen LogP contribution in [0.3, 0.4) is 0 Å². The van der Waals surface area contributed by atoms with Gasteiger partial charge in [-0.3, -0.25) is 0 Å². The molecule has 0 radical (unpaired) electrons. The summed E-state index contributed by atoms with van der Waals surface area (Å²) in [5, 5.41) is 5.22. The molecule has 0 saturated carbocycles. The van der Waals surface area contributed by atoms with Crippen LogP contribution in [0.25, 0.3) is 11.0 Å². The van der Waals surface area contributed by atoms with Crippen LogP contribution in [0.15, 0.2) is 51.7 Å². The van der Waals surface area contributed by atoms with Gasteiger partial charge in [-0.1, -0.05) is 41.9 Å². The number of nitrogens with one attached hydrogen (secondary N) is 1. The van der Waals surface area contributed by atoms with Crippen LogP contribution < -0.4 is 10.9 Å². The Labute approximate surface area is 164 Å². The summed E-state index contributed by atoms with van der Waals surface area (Å²) in [4.78, 5) is 14.2. The van der Waals surface area contributed by atoms with E-state index in [1.807, 2.05) is 58.3 Å². The molecule has 0 aliphatic carbocycles. The van der Waals surface area contributed by atoms with Crippen LogP contribution in [0.5, 0.6) is 0 Å². The lowest BCUT2D eigenvalue weighted by atomic mass is 10.0. The molecule has 1 aromatic heterocycles. The maximum absolute atomic E-state index is 12.0. The molecule has 2 aromatic carbocycles. The minimum atomic E-state index is -0.316. The van der Waals surface area contributed by atoms with Crippen LogP contribution in [-0.4, -0.2) is 25.5 Å². The monoisotopic (exact) mass is 384 g/mol. The summed E-state index contributed by atoms with van der Waals surface area (Å²) in [5.41, 5.74) is 4.51. The highest BCUT2D eigenvalue weighted by Gasteiger charge is 2.17. The van der Waals surface area contributed by atoms with E-state index in [1.54, 1.807) is 6.07 Å². The van der Waals surface area contributed by atoms with Gasteiger partial charge in [-0.2, -0.15) is 0 Å². The van der Waals surface area contributed by atoms with E-state index in [9.17, 15) is 4.79 Å². The Bertz CT molecular complexity index is 1010. The zero-order valence-corrected chi connectivity index (χ0v) is 16.9. The molecule has 0 bridgehead atoms. The third-order valence-electron chi connectivity index (χ3n) is 5.06. The van der Waals surface area contributed by atoms with Crippen molar-refractivity contribution < 1.29 is 4.42 Å². The van der Waals surface area contributed by atoms with Crippen molar-refractivity contribution in [3.05, 3.63) is 80.2 Å². The second-order valence-corrected chi connectivity index (χ2v) is 7.51. The van der Waals surface area contributed by atoms with Crippen LogP contribution in [-0.2, 0) is 6.54 Å². The smallest absolute Gasteiger partial charge is 0.336 e. The molecule has 142 valence electrons. The topological polar surface area (TPSA) is 45.5 Å². The highest BCUT2D eigenvalue weighted by molar-refractivity contribution is 6.31. The summed E-state index contributed by atoms with van der Waals surface area (Å²) < 4.78 is 5.46. The molecular formula is C22H25ClN2O2. The maximum atomic E-state index is 12.0. The molecular weight excluding hydrogens is 360 g/mol. The summed E-state index contributed by atoms with van der Waals surface area (Å²) >= 11 is 6.38. The quantitative estimate of drug-likeness (QED) is 0.637. The number of hydrogen-bond acceptors (Lipinski definition) is 4. The Morgan fingerprint density at radius 1 is 1.15 bits per heavy atom. The average Bonchev–Trinajstić information content (AvgIpc) is 2.62. The minimum absolute atomic E-state index is 0.133. The fourth-order valence-corrected chi connectivity index (χ4v) is 3.59. The number of halogens is 1. The lowest BCUT2D eigenvalue weighted by molar-refractivity contribution is 0.288. The Morgan fingerprint density at radius 2 is 1.89 bits per heavy atom. The predicted octanol–water partition coefficient (Wildman–Crippen LogP) is 4.46. The number of hydrogen-bond donors (Lipinski definition) is 1. The van der Waals surface area contributed by atoms with Crippen molar-refractivity contribution in [2.45, 2.75) is 26.4 Å². The molecule has 0 saturated heterocycles. The van der Waals surface area contributed by atoms with Gasteiger partial charge < -0.3 is 14.6 Å². The first-order valence-electron chi connectivity index (χ1n) is 9.03. The van der Waals surface area contributed by atoms with Gasteiger partial charge >= 0.3 is 5.63 Å². The largest absolute Gasteiger partial charge is 0.422 e. The number of likely N-dealkylation sites (N-methyl/N-ethyl adjacent to an activating group) is 1. The van der Waals surface area contributed by atoms with Crippen molar-refractivity contribution in [2.24, 2.45) is 0 Å². The zero-order chi connectivity index (χ0) is 19.6. The Kier molecular flexibility index (Phi) is 6.00. The van der Waals surface area contributed by atoms with Crippen molar-refractivity contribution in [2.75, 3.05) is 20.6 Å². The van der Waals surface area contributed by atoms with Gasteiger partial charge in [-0.05, 0) is 56.3 Å². The Balaban J connectivity index is 1.83. The number of benzene rings is 2. The van der Waals surface area contributed by atoms with Gasteiger partial charge in [0.05, 0.1) is 0 Å². The molecule has 0 fully saturated rings. The lowest BCUT2D eigenvalue weighted by Crippen LogP contribution is -2.31. The Hall–Kier alpha value is -2.14. The SMILES string of the molecule is Cc1ccc2c(CNC[C@H](c3ccccc3Cl)N(C)C)cc(=O)oc2c1C. The first-order chi connectivity index (χ1) is 12.9. The Morgan fingerprint density at radius 3 is 2.59 bits per heavy atom. The molecule has 0 amide bonds. The average molecular weight is 385 g/mol. The number of nitrogens with zero attached hydrogens (tertiary/aromatic N) is 1. The van der Waals surface area contributed by atoms with Crippen molar-refractivity contribution in [1.29, 1.82) is 0 Å². The highest BCUT2D eigenvalue weighted by Crippen LogP contribution is 2.26. The molecule has 1 N–H and O–H groups in total. The summed E-state index contributed by atoms with van der Waals surface area (Å²) in [6.45, 7) is 5.30. The molecule has 0 spiro atoms. The van der Waals surface area contributed by atoms with E-state index in [-0.39, 0.29) is 11.7 Å². The van der Waals surface area contributed by atoms with Crippen molar-refractivity contribution in [1.82, 2.24) is 10.2 Å². The lowest BCUT2D eigenvalue weighted by Gasteiger charge is -2.26. The third kappa shape index (κ3) is 4.24. The summed E-state index contributed by atoms with van der Waals surface area (Å²) in [5.74, 6) is 0. The normalized spacial score (nSPS) is 12.7. The van der Waals surface area contributed by atoms with Gasteiger partial charge in [0, 0.05) is 35.6 Å². The summed E-state index contributed by atoms with van der Waals surface area (Å²) in [6, 6.07) is 13.7. The molecule has 3 rings (SSSR count). The molecule has 0 unspecified atom stereocenters. The summed E-state index contributed by atoms with van der Waals surface area (Å²) in [6.07, 6.45) is 0. The highest BCUT2D eigenvalue weighted by atomic mass is 35.5. The molecule has 0 aliphatic rings. The molecule has 3 aromatic rings. The van der Waals surface area contributed by atoms with Crippen molar-refractivity contribution >= 4 is 22.6 Å². The number of rotatable bonds is 6. The van der Waals surface area contributed by atoms with E-state index < -0.39 is 0 Å². The molecule has 0 aliphatic heterocycles. The standard InChI is InChI=1S/C22H25ClN2O2/c1-14-9-10-17-16(11-21(26)27-22(17)15(14)2)12-24-13-20(25(3)4)18-7-5-6-8-19(18)23/h5-11,20,24H,12-13H2,1-4H3/t20-/m1/s1. The van der Waals surface area contributed by atoms with Crippen LogP contribution in [0.1, 0.15) is 28.3 Å². The molecule has 4 nitrogen and oxygen atoms in total. The van der Waals surface area contributed by atoms with E-state index in [0.717, 1.165) is 32.7 Å². The first-order valence-corrected chi connectivity index (χ1v) is 9.40. The van der Waals surface area contributed by atoms with Crippen molar-refractivity contribution in [3.63, 3.8) is 0 Å². The van der Waals surface area contributed by atoms with Crippen LogP contribution in [0.4, 0.5) is 0 Å². The van der Waals surface area contributed by atoms with Gasteiger partial charge in [-0.15, -0.1) is 0 Å². The van der Waals surface area contributed by atoms with Gasteiger partial charge in [0.15, 0.2) is 0 Å². The second kappa shape index (κ2) is 8.26. The predicted molar refractivity (Wildman–Crippen MR) is 112 cm³/mol. The molecule has 27 heavy (non-hydrogen) atoms. The fraction of sp³-hybridized carbons (Fsp3) is 0.318. The number of aryl methyl sites for hydroxylation is 2. The maximum Gasteiger partial charge on any atom is 0.336 e. The molecule has 5 heteroatoms. The number of fused-ring (bicyclic) bond motifs is 1. The zero-order valence-electron chi connectivity index (χ0n) is 16.2. The second-order valence-electron chi connectivity index (χ2n) is 7.11. The van der Waals surface area contributed by atoms with Crippen LogP contribution in [0, 0.1) is 13.8 Å².